The molecule has 0 heterocycles. The molecule has 0 saturated heterocycles. The molecule has 81 valence electrons. The van der Waals surface area contributed by atoms with Gasteiger partial charge in [-0.25, -0.2) is 0 Å². The van der Waals surface area contributed by atoms with E-state index in [0.29, 0.717) is 0 Å². The van der Waals surface area contributed by atoms with Gasteiger partial charge in [-0.1, -0.05) is 26.6 Å². The van der Waals surface area contributed by atoms with Crippen LogP contribution >= 0.6 is 0 Å². The molecule has 0 aromatic heterocycles. The molecule has 0 aromatic rings. The minimum atomic E-state index is -4.24. The van der Waals surface area contributed by atoms with E-state index in [4.69, 9.17) is 0 Å². The van der Waals surface area contributed by atoms with Gasteiger partial charge < -0.3 is 10.3 Å². The van der Waals surface area contributed by atoms with Crippen molar-refractivity contribution in [3.05, 3.63) is 5.32 Å². The third-order valence-corrected chi connectivity index (χ3v) is 0.984. The van der Waals surface area contributed by atoms with Crippen molar-refractivity contribution in [1.29, 1.82) is 0 Å². The van der Waals surface area contributed by atoms with Gasteiger partial charge in [-0.3, -0.25) is 0 Å². The van der Waals surface area contributed by atoms with Crippen LogP contribution < -0.4 is 0 Å². The summed E-state index contributed by atoms with van der Waals surface area (Å²) in [6.45, 7) is 5.73. The Morgan fingerprint density at radius 3 is 1.93 bits per heavy atom. The molecule has 14 heavy (non-hydrogen) atoms. The molecule has 0 saturated carbocycles. The number of nitrogens with zero attached hydrogens (tertiary/aromatic N) is 2. The van der Waals surface area contributed by atoms with Gasteiger partial charge in [-0.15, -0.1) is 0 Å². The number of halogens is 3. The molecule has 6 heteroatoms. The third-order valence-electron chi connectivity index (χ3n) is 0.984. The molecule has 0 N–H and O–H groups in total. The average Bonchev–Trinajstić information content (AvgIpc) is 1.78. The monoisotopic (exact) mass is 284 g/mol. The van der Waals surface area contributed by atoms with Gasteiger partial charge in [0.2, 0.25) is 0 Å². The number of hydrogen-bond acceptors (Lipinski definition) is 1. The average molecular weight is 284 g/mol. The van der Waals surface area contributed by atoms with Crippen LogP contribution in [0, 0.1) is 0 Å². The second-order valence-corrected chi connectivity index (χ2v) is 3.76. The Bertz CT molecular complexity index is 194. The largest absolute Gasteiger partial charge is 0.464 e. The van der Waals surface area contributed by atoms with Gasteiger partial charge in [0.25, 0.3) is 0 Å². The van der Waals surface area contributed by atoms with E-state index >= 15 is 0 Å². The summed E-state index contributed by atoms with van der Waals surface area (Å²) in [5, 5.41) is 3.31. The van der Waals surface area contributed by atoms with Crippen LogP contribution in [0.2, 0.25) is 0 Å². The summed E-state index contributed by atoms with van der Waals surface area (Å²) in [6, 6.07) is 0. The summed E-state index contributed by atoms with van der Waals surface area (Å²) < 4.78 is 35.1. The predicted octanol–water partition coefficient (Wildman–Crippen LogP) is 3.14. The first-order chi connectivity index (χ1) is 5.60. The smallest absolute Gasteiger partial charge is 0.388 e. The van der Waals surface area contributed by atoms with Crippen molar-refractivity contribution in [3.8, 4) is 0 Å². The second kappa shape index (κ2) is 6.06. The SMILES string of the molecule is CC(=NC(C)(C)C)[N-]CC(F)(F)F.[Y]. The molecule has 0 rings (SSSR count). The van der Waals surface area contributed by atoms with Crippen molar-refractivity contribution in [2.45, 2.75) is 39.4 Å². The normalized spacial score (nSPS) is 13.5. The van der Waals surface area contributed by atoms with Crippen LogP contribution in [0.25, 0.3) is 5.32 Å². The molecule has 0 bridgehead atoms. The van der Waals surface area contributed by atoms with Crippen LogP contribution in [0.15, 0.2) is 4.99 Å². The van der Waals surface area contributed by atoms with Gasteiger partial charge >= 0.3 is 6.18 Å². The Morgan fingerprint density at radius 1 is 1.21 bits per heavy atom. The minimum absolute atomic E-state index is 0. The molecule has 0 atom stereocenters. The number of alkyl halides is 3. The standard InChI is InChI=1S/C8H14F3N2.Y/c1-6(13-7(2,3)4)12-5-8(9,10)11;/h5H2,1-4H3;/q-1;. The Morgan fingerprint density at radius 2 is 1.64 bits per heavy atom. The summed E-state index contributed by atoms with van der Waals surface area (Å²) in [4.78, 5) is 3.96. The Kier molecular flexibility index (Phi) is 7.26. The zero-order valence-corrected chi connectivity index (χ0v) is 11.7. The van der Waals surface area contributed by atoms with E-state index < -0.39 is 12.7 Å². The predicted molar refractivity (Wildman–Crippen MR) is 47.1 cm³/mol. The molecule has 0 aliphatic rings. The topological polar surface area (TPSA) is 26.5 Å². The fourth-order valence-electron chi connectivity index (χ4n) is 0.725. The van der Waals surface area contributed by atoms with Gasteiger partial charge in [0.1, 0.15) is 0 Å². The Labute approximate surface area is 108 Å². The quantitative estimate of drug-likeness (QED) is 0.522. The van der Waals surface area contributed by atoms with Gasteiger partial charge in [-0.2, -0.15) is 13.2 Å². The van der Waals surface area contributed by atoms with Crippen molar-refractivity contribution in [2.24, 2.45) is 4.99 Å². The van der Waals surface area contributed by atoms with E-state index in [1.54, 1.807) is 20.8 Å². The summed E-state index contributed by atoms with van der Waals surface area (Å²) in [7, 11) is 0. The van der Waals surface area contributed by atoms with E-state index in [1.165, 1.54) is 6.92 Å². The van der Waals surface area contributed by atoms with Gasteiger partial charge in [0.05, 0.1) is 0 Å². The number of hydrogen-bond donors (Lipinski definition) is 0. The molecule has 2 nitrogen and oxygen atoms in total. The second-order valence-electron chi connectivity index (χ2n) is 3.76. The first-order valence-corrected chi connectivity index (χ1v) is 3.91. The van der Waals surface area contributed by atoms with E-state index in [1.807, 2.05) is 0 Å². The maximum atomic E-state index is 11.7. The van der Waals surface area contributed by atoms with Crippen LogP contribution in [0.3, 0.4) is 0 Å². The molecule has 0 aliphatic heterocycles. The van der Waals surface area contributed by atoms with Crippen LogP contribution in [0.5, 0.6) is 0 Å². The fourth-order valence-corrected chi connectivity index (χ4v) is 0.725. The maximum Gasteiger partial charge on any atom is 0.388 e. The van der Waals surface area contributed by atoms with Crippen LogP contribution in [0.4, 0.5) is 13.2 Å². The summed E-state index contributed by atoms with van der Waals surface area (Å²) in [6.07, 6.45) is -4.24. The molecule has 0 aromatic carbocycles. The van der Waals surface area contributed by atoms with Crippen molar-refractivity contribution in [3.63, 3.8) is 0 Å². The van der Waals surface area contributed by atoms with Crippen molar-refractivity contribution < 1.29 is 45.9 Å². The van der Waals surface area contributed by atoms with Crippen LogP contribution in [-0.2, 0) is 32.7 Å². The Balaban J connectivity index is 0. The summed E-state index contributed by atoms with van der Waals surface area (Å²) in [5.74, 6) is 0.185. The fraction of sp³-hybridized carbons (Fsp3) is 0.875. The molecule has 1 radical (unpaired) electrons. The van der Waals surface area contributed by atoms with Crippen LogP contribution in [0.1, 0.15) is 27.7 Å². The minimum Gasteiger partial charge on any atom is -0.464 e. The summed E-state index contributed by atoms with van der Waals surface area (Å²) in [5.41, 5.74) is -0.376. The number of rotatable bonds is 1. The molecular formula is C8H14F3N2Y-. The summed E-state index contributed by atoms with van der Waals surface area (Å²) >= 11 is 0. The molecular weight excluding hydrogens is 270 g/mol. The first-order valence-electron chi connectivity index (χ1n) is 3.91. The van der Waals surface area contributed by atoms with Gasteiger partial charge in [0.15, 0.2) is 0 Å². The first kappa shape index (κ1) is 16.8. The van der Waals surface area contributed by atoms with Crippen molar-refractivity contribution >= 4 is 5.84 Å². The maximum absolute atomic E-state index is 11.7. The zero-order valence-electron chi connectivity index (χ0n) is 8.81. The van der Waals surface area contributed by atoms with Gasteiger partial charge in [-0.05, 0) is 12.5 Å². The number of aliphatic imine (C=N–C) groups is 1. The molecule has 0 fully saturated rings. The molecule has 0 aliphatic carbocycles. The van der Waals surface area contributed by atoms with E-state index in [2.05, 4.69) is 10.3 Å². The van der Waals surface area contributed by atoms with Crippen molar-refractivity contribution in [1.82, 2.24) is 0 Å². The molecule has 0 spiro atoms. The van der Waals surface area contributed by atoms with E-state index in [9.17, 15) is 13.2 Å². The molecule has 0 amide bonds. The van der Waals surface area contributed by atoms with Crippen LogP contribution in [-0.4, -0.2) is 24.1 Å². The third kappa shape index (κ3) is 12.4. The van der Waals surface area contributed by atoms with Crippen molar-refractivity contribution in [2.75, 3.05) is 6.54 Å². The molecule has 0 unspecified atom stereocenters. The Hall–Kier alpha value is 0.364. The van der Waals surface area contributed by atoms with E-state index in [-0.39, 0.29) is 44.1 Å². The van der Waals surface area contributed by atoms with Gasteiger partial charge in [0, 0.05) is 39.3 Å². The number of amidine groups is 1. The van der Waals surface area contributed by atoms with E-state index in [0.717, 1.165) is 0 Å². The zero-order chi connectivity index (χ0) is 10.7.